The summed E-state index contributed by atoms with van der Waals surface area (Å²) in [6, 6.07) is -0.530. The molecule has 0 bridgehead atoms. The Hall–Kier alpha value is -0.870. The van der Waals surface area contributed by atoms with Crippen LogP contribution in [0.4, 0.5) is 0 Å². The molecule has 4 heteroatoms. The quantitative estimate of drug-likeness (QED) is 0.0481. The average Bonchev–Trinajstić information content (AvgIpc) is 3.03. The predicted molar refractivity (Wildman–Crippen MR) is 193 cm³/mol. The minimum atomic E-state index is -0.653. The first-order chi connectivity index (χ1) is 21.7. The molecule has 0 radical (unpaired) electrons. The normalized spacial score (nSPS) is 13.1. The molecule has 0 saturated heterocycles. The molecule has 0 aromatic rings. The van der Waals surface area contributed by atoms with Gasteiger partial charge in [-0.1, -0.05) is 187 Å². The van der Waals surface area contributed by atoms with Gasteiger partial charge in [0.1, 0.15) is 0 Å². The van der Waals surface area contributed by atoms with Gasteiger partial charge < -0.3 is 15.5 Å². The van der Waals surface area contributed by atoms with Crippen molar-refractivity contribution in [1.29, 1.82) is 0 Å². The van der Waals surface area contributed by atoms with E-state index in [9.17, 15) is 15.0 Å². The lowest BCUT2D eigenvalue weighted by Gasteiger charge is -2.22. The lowest BCUT2D eigenvalue weighted by Crippen LogP contribution is -2.45. The van der Waals surface area contributed by atoms with Crippen LogP contribution in [0.15, 0.2) is 12.2 Å². The summed E-state index contributed by atoms with van der Waals surface area (Å²) in [6.07, 6.45) is 44.3. The van der Waals surface area contributed by atoms with E-state index in [2.05, 4.69) is 31.3 Å². The van der Waals surface area contributed by atoms with E-state index in [1.165, 1.54) is 167 Å². The Labute approximate surface area is 276 Å². The molecule has 0 aliphatic heterocycles. The van der Waals surface area contributed by atoms with Gasteiger partial charge >= 0.3 is 0 Å². The van der Waals surface area contributed by atoms with Crippen LogP contribution in [0, 0.1) is 0 Å². The van der Waals surface area contributed by atoms with Crippen molar-refractivity contribution in [3.8, 4) is 0 Å². The highest BCUT2D eigenvalue weighted by Crippen LogP contribution is 2.15. The molecule has 0 heterocycles. The fraction of sp³-hybridized carbons (Fsp3) is 0.925. The molecular formula is C40H79NO3. The van der Waals surface area contributed by atoms with Crippen LogP contribution in [0.2, 0.25) is 0 Å². The van der Waals surface area contributed by atoms with Gasteiger partial charge in [0.25, 0.3) is 0 Å². The molecule has 0 rings (SSSR count). The summed E-state index contributed by atoms with van der Waals surface area (Å²) in [4.78, 5) is 12.3. The van der Waals surface area contributed by atoms with Crippen LogP contribution < -0.4 is 5.32 Å². The van der Waals surface area contributed by atoms with Crippen molar-refractivity contribution in [2.45, 2.75) is 231 Å². The van der Waals surface area contributed by atoms with Gasteiger partial charge in [0.15, 0.2) is 0 Å². The van der Waals surface area contributed by atoms with Crippen molar-refractivity contribution in [2.75, 3.05) is 6.61 Å². The largest absolute Gasteiger partial charge is 0.394 e. The van der Waals surface area contributed by atoms with E-state index in [1.807, 2.05) is 0 Å². The van der Waals surface area contributed by atoms with Crippen LogP contribution in [0.3, 0.4) is 0 Å². The van der Waals surface area contributed by atoms with E-state index in [0.29, 0.717) is 12.8 Å². The second kappa shape index (κ2) is 36.6. The number of rotatable bonds is 36. The topological polar surface area (TPSA) is 69.6 Å². The summed E-state index contributed by atoms with van der Waals surface area (Å²) in [6.45, 7) is 4.34. The molecule has 2 atom stereocenters. The number of carbonyl (C=O) groups excluding carboxylic acids is 1. The number of unbranched alkanes of at least 4 members (excludes halogenated alkanes) is 27. The number of hydrogen-bond acceptors (Lipinski definition) is 3. The Morgan fingerprint density at radius 2 is 0.864 bits per heavy atom. The van der Waals surface area contributed by atoms with E-state index in [4.69, 9.17) is 0 Å². The second-order valence-corrected chi connectivity index (χ2v) is 13.7. The summed E-state index contributed by atoms with van der Waals surface area (Å²) in [7, 11) is 0. The zero-order chi connectivity index (χ0) is 32.2. The first-order valence-corrected chi connectivity index (χ1v) is 19.9. The molecule has 44 heavy (non-hydrogen) atoms. The third-order valence-corrected chi connectivity index (χ3v) is 9.28. The van der Waals surface area contributed by atoms with Gasteiger partial charge in [0.2, 0.25) is 5.91 Å². The number of carbonyl (C=O) groups is 1. The first-order valence-electron chi connectivity index (χ1n) is 19.9. The van der Waals surface area contributed by atoms with Crippen LogP contribution >= 0.6 is 0 Å². The first kappa shape index (κ1) is 43.1. The highest BCUT2D eigenvalue weighted by atomic mass is 16.3. The molecule has 262 valence electrons. The Kier molecular flexibility index (Phi) is 35.9. The van der Waals surface area contributed by atoms with Crippen LogP contribution in [-0.4, -0.2) is 34.9 Å². The van der Waals surface area contributed by atoms with Crippen molar-refractivity contribution >= 4 is 5.91 Å². The minimum absolute atomic E-state index is 0.0332. The second-order valence-electron chi connectivity index (χ2n) is 13.7. The number of amides is 1. The molecule has 3 N–H and O–H groups in total. The lowest BCUT2D eigenvalue weighted by molar-refractivity contribution is -0.123. The smallest absolute Gasteiger partial charge is 0.220 e. The number of aliphatic hydroxyl groups excluding tert-OH is 2. The maximum atomic E-state index is 12.3. The molecule has 0 aliphatic carbocycles. The monoisotopic (exact) mass is 622 g/mol. The van der Waals surface area contributed by atoms with E-state index in [1.54, 1.807) is 0 Å². The van der Waals surface area contributed by atoms with E-state index < -0.39 is 12.1 Å². The number of hydrogen-bond donors (Lipinski definition) is 3. The van der Waals surface area contributed by atoms with E-state index in [-0.39, 0.29) is 12.5 Å². The van der Waals surface area contributed by atoms with Crippen molar-refractivity contribution in [2.24, 2.45) is 0 Å². The average molecular weight is 622 g/mol. The van der Waals surface area contributed by atoms with Crippen LogP contribution in [-0.2, 0) is 4.79 Å². The van der Waals surface area contributed by atoms with Gasteiger partial charge in [-0.3, -0.25) is 4.79 Å². The lowest BCUT2D eigenvalue weighted by atomic mass is 10.0. The Balaban J connectivity index is 3.46. The Morgan fingerprint density at radius 1 is 0.523 bits per heavy atom. The molecule has 0 fully saturated rings. The van der Waals surface area contributed by atoms with Crippen molar-refractivity contribution in [3.05, 3.63) is 12.2 Å². The highest BCUT2D eigenvalue weighted by molar-refractivity contribution is 5.76. The molecular weight excluding hydrogens is 542 g/mol. The maximum absolute atomic E-state index is 12.3. The third-order valence-electron chi connectivity index (χ3n) is 9.28. The summed E-state index contributed by atoms with van der Waals surface area (Å²) < 4.78 is 0. The molecule has 2 unspecified atom stereocenters. The summed E-state index contributed by atoms with van der Waals surface area (Å²) >= 11 is 0. The van der Waals surface area contributed by atoms with Gasteiger partial charge in [0, 0.05) is 6.42 Å². The number of nitrogens with one attached hydrogen (secondary N) is 1. The van der Waals surface area contributed by atoms with Gasteiger partial charge in [-0.05, 0) is 38.5 Å². The minimum Gasteiger partial charge on any atom is -0.394 e. The fourth-order valence-electron chi connectivity index (χ4n) is 6.18. The van der Waals surface area contributed by atoms with E-state index in [0.717, 1.165) is 25.7 Å². The molecule has 0 spiro atoms. The highest BCUT2D eigenvalue weighted by Gasteiger charge is 2.19. The molecule has 0 aromatic carbocycles. The van der Waals surface area contributed by atoms with Gasteiger partial charge in [-0.2, -0.15) is 0 Å². The van der Waals surface area contributed by atoms with Gasteiger partial charge in [-0.25, -0.2) is 0 Å². The third kappa shape index (κ3) is 32.5. The molecule has 4 nitrogen and oxygen atoms in total. The van der Waals surface area contributed by atoms with E-state index >= 15 is 0 Å². The number of aliphatic hydroxyl groups is 2. The van der Waals surface area contributed by atoms with Gasteiger partial charge in [0.05, 0.1) is 18.8 Å². The standard InChI is InChI=1S/C40H79NO3/c1-3-5-7-9-11-13-14-15-16-17-18-19-20-21-22-23-24-25-26-28-30-32-34-36-40(44)41-38(37-42)39(43)35-33-31-29-27-12-10-8-6-4-2/h17-18,38-39,42-43H,3-16,19-37H2,1-2H3,(H,41,44)/b18-17-. The SMILES string of the molecule is CCCCCCCCCC/C=C\CCCCCCCCCCCCCC(=O)NC(CO)C(O)CCCCCCCCCCC. The fourth-order valence-corrected chi connectivity index (χ4v) is 6.18. The Bertz CT molecular complexity index is 593. The Morgan fingerprint density at radius 3 is 1.25 bits per heavy atom. The summed E-state index contributed by atoms with van der Waals surface area (Å²) in [5.41, 5.74) is 0. The van der Waals surface area contributed by atoms with Crippen LogP contribution in [0.1, 0.15) is 219 Å². The zero-order valence-corrected chi connectivity index (χ0v) is 29.9. The summed E-state index contributed by atoms with van der Waals surface area (Å²) in [5, 5.41) is 23.0. The molecule has 0 aliphatic rings. The molecule has 0 saturated carbocycles. The van der Waals surface area contributed by atoms with Gasteiger partial charge in [-0.15, -0.1) is 0 Å². The maximum Gasteiger partial charge on any atom is 0.220 e. The molecule has 1 amide bonds. The van der Waals surface area contributed by atoms with Crippen molar-refractivity contribution in [1.82, 2.24) is 5.32 Å². The van der Waals surface area contributed by atoms with Crippen LogP contribution in [0.25, 0.3) is 0 Å². The zero-order valence-electron chi connectivity index (χ0n) is 29.9. The van der Waals surface area contributed by atoms with Crippen molar-refractivity contribution < 1.29 is 15.0 Å². The van der Waals surface area contributed by atoms with Crippen molar-refractivity contribution in [3.63, 3.8) is 0 Å². The molecule has 0 aromatic heterocycles. The predicted octanol–water partition coefficient (Wildman–Crippen LogP) is 11.9. The van der Waals surface area contributed by atoms with Crippen LogP contribution in [0.5, 0.6) is 0 Å². The summed E-state index contributed by atoms with van der Waals surface area (Å²) in [5.74, 6) is -0.0332. The number of allylic oxidation sites excluding steroid dienone is 2.